The Kier molecular flexibility index (Phi) is 3.83. The molecule has 2 heterocycles. The number of hydrogen-bond acceptors (Lipinski definition) is 6. The summed E-state index contributed by atoms with van der Waals surface area (Å²) in [6.07, 6.45) is 0. The molecule has 1 aromatic carbocycles. The molecule has 2 aromatic rings. The highest BCUT2D eigenvalue weighted by Gasteiger charge is 2.10. The van der Waals surface area contributed by atoms with E-state index in [4.69, 9.17) is 9.15 Å². The number of hydrogen-bond donors (Lipinski definition) is 1. The van der Waals surface area contributed by atoms with Crippen molar-refractivity contribution in [3.63, 3.8) is 0 Å². The van der Waals surface area contributed by atoms with Gasteiger partial charge in [0.1, 0.15) is 5.75 Å². The van der Waals surface area contributed by atoms with Gasteiger partial charge in [-0.1, -0.05) is 0 Å². The molecule has 6 heteroatoms. The highest BCUT2D eigenvalue weighted by molar-refractivity contribution is 5.49. The molecule has 0 unspecified atom stereocenters. The average Bonchev–Trinajstić information content (AvgIpc) is 2.92. The summed E-state index contributed by atoms with van der Waals surface area (Å²) < 4.78 is 10.9. The molecule has 6 nitrogen and oxygen atoms in total. The minimum atomic E-state index is 0.299. The molecule has 0 spiro atoms. The fourth-order valence-electron chi connectivity index (χ4n) is 2.22. The lowest BCUT2D eigenvalue weighted by Crippen LogP contribution is -2.43. The third kappa shape index (κ3) is 3.08. The van der Waals surface area contributed by atoms with Gasteiger partial charge in [0.05, 0.1) is 0 Å². The molecule has 1 fully saturated rings. The topological polar surface area (TPSA) is 63.4 Å². The Labute approximate surface area is 117 Å². The van der Waals surface area contributed by atoms with Crippen molar-refractivity contribution in [1.82, 2.24) is 15.5 Å². The van der Waals surface area contributed by atoms with Crippen LogP contribution in [0.4, 0.5) is 5.69 Å². The Hall–Kier alpha value is -2.08. The van der Waals surface area contributed by atoms with E-state index in [1.54, 1.807) is 6.92 Å². The van der Waals surface area contributed by atoms with Crippen LogP contribution in [0.5, 0.6) is 5.75 Å². The van der Waals surface area contributed by atoms with E-state index in [1.807, 2.05) is 12.1 Å². The van der Waals surface area contributed by atoms with Gasteiger partial charge in [-0.2, -0.15) is 0 Å². The molecule has 1 saturated heterocycles. The van der Waals surface area contributed by atoms with E-state index in [1.165, 1.54) is 5.69 Å². The standard InChI is InChI=1S/C14H18N4O2/c1-11-16-17-14(20-11)10-19-13-4-2-12(3-5-13)18-8-6-15-7-9-18/h2-5,15H,6-10H2,1H3. The zero-order chi connectivity index (χ0) is 13.8. The van der Waals surface area contributed by atoms with Crippen molar-refractivity contribution in [2.24, 2.45) is 0 Å². The molecular formula is C14H18N4O2. The number of nitrogens with zero attached hydrogens (tertiary/aromatic N) is 3. The van der Waals surface area contributed by atoms with Gasteiger partial charge in [-0.25, -0.2) is 0 Å². The molecule has 20 heavy (non-hydrogen) atoms. The molecule has 0 radical (unpaired) electrons. The van der Waals surface area contributed by atoms with Crippen molar-refractivity contribution >= 4 is 5.69 Å². The van der Waals surface area contributed by atoms with Crippen LogP contribution >= 0.6 is 0 Å². The van der Waals surface area contributed by atoms with Crippen LogP contribution in [-0.2, 0) is 6.61 Å². The fourth-order valence-corrected chi connectivity index (χ4v) is 2.22. The van der Waals surface area contributed by atoms with Crippen molar-refractivity contribution in [3.8, 4) is 5.75 Å². The van der Waals surface area contributed by atoms with Crippen LogP contribution in [-0.4, -0.2) is 36.4 Å². The second kappa shape index (κ2) is 5.92. The summed E-state index contributed by atoms with van der Waals surface area (Å²) in [6, 6.07) is 8.11. The normalized spacial score (nSPS) is 15.3. The number of rotatable bonds is 4. The number of piperazine rings is 1. The lowest BCUT2D eigenvalue weighted by Gasteiger charge is -2.29. The predicted octanol–water partition coefficient (Wildman–Crippen LogP) is 1.37. The molecule has 3 rings (SSSR count). The van der Waals surface area contributed by atoms with Gasteiger partial charge in [0, 0.05) is 38.8 Å². The van der Waals surface area contributed by atoms with E-state index in [0.29, 0.717) is 18.4 Å². The van der Waals surface area contributed by atoms with Crippen LogP contribution in [0.25, 0.3) is 0 Å². The second-order valence-corrected chi connectivity index (χ2v) is 4.73. The molecule has 0 aliphatic carbocycles. The van der Waals surface area contributed by atoms with Crippen LogP contribution in [0.15, 0.2) is 28.7 Å². The Morgan fingerprint density at radius 3 is 2.60 bits per heavy atom. The molecule has 1 aromatic heterocycles. The highest BCUT2D eigenvalue weighted by atomic mass is 16.5. The summed E-state index contributed by atoms with van der Waals surface area (Å²) in [5.41, 5.74) is 1.23. The average molecular weight is 274 g/mol. The van der Waals surface area contributed by atoms with E-state index >= 15 is 0 Å². The quantitative estimate of drug-likeness (QED) is 0.908. The molecule has 0 amide bonds. The molecule has 1 N–H and O–H groups in total. The predicted molar refractivity (Wildman–Crippen MR) is 74.9 cm³/mol. The molecule has 1 aliphatic rings. The first-order chi connectivity index (χ1) is 9.81. The lowest BCUT2D eigenvalue weighted by molar-refractivity contribution is 0.260. The zero-order valence-corrected chi connectivity index (χ0v) is 11.5. The lowest BCUT2D eigenvalue weighted by atomic mass is 10.2. The second-order valence-electron chi connectivity index (χ2n) is 4.73. The smallest absolute Gasteiger partial charge is 0.253 e. The Morgan fingerprint density at radius 2 is 1.95 bits per heavy atom. The third-order valence-electron chi connectivity index (χ3n) is 3.25. The van der Waals surface area contributed by atoms with E-state index < -0.39 is 0 Å². The van der Waals surface area contributed by atoms with Crippen molar-refractivity contribution < 1.29 is 9.15 Å². The summed E-state index contributed by atoms with van der Waals surface area (Å²) >= 11 is 0. The molecule has 0 saturated carbocycles. The van der Waals surface area contributed by atoms with Crippen LogP contribution < -0.4 is 15.0 Å². The fraction of sp³-hybridized carbons (Fsp3) is 0.429. The summed E-state index contributed by atoms with van der Waals surface area (Å²) in [7, 11) is 0. The van der Waals surface area contributed by atoms with E-state index in [-0.39, 0.29) is 0 Å². The number of anilines is 1. The van der Waals surface area contributed by atoms with Gasteiger partial charge in [0.2, 0.25) is 5.89 Å². The van der Waals surface area contributed by atoms with Crippen LogP contribution in [0, 0.1) is 6.92 Å². The van der Waals surface area contributed by atoms with Crippen molar-refractivity contribution in [2.45, 2.75) is 13.5 Å². The summed E-state index contributed by atoms with van der Waals surface area (Å²) in [5, 5.41) is 11.0. The first-order valence-corrected chi connectivity index (χ1v) is 6.79. The zero-order valence-electron chi connectivity index (χ0n) is 11.5. The SMILES string of the molecule is Cc1nnc(COc2ccc(N3CCNCC3)cc2)o1. The van der Waals surface area contributed by atoms with Gasteiger partial charge in [-0.15, -0.1) is 10.2 Å². The molecule has 1 aliphatic heterocycles. The van der Waals surface area contributed by atoms with Crippen molar-refractivity contribution in [1.29, 1.82) is 0 Å². The van der Waals surface area contributed by atoms with Crippen molar-refractivity contribution in [3.05, 3.63) is 36.0 Å². The van der Waals surface area contributed by atoms with E-state index in [0.717, 1.165) is 31.9 Å². The maximum absolute atomic E-state index is 5.62. The summed E-state index contributed by atoms with van der Waals surface area (Å²) in [5.74, 6) is 1.85. The number of ether oxygens (including phenoxy) is 1. The first kappa shape index (κ1) is 12.9. The van der Waals surface area contributed by atoms with Gasteiger partial charge in [-0.3, -0.25) is 0 Å². The molecule has 106 valence electrons. The third-order valence-corrected chi connectivity index (χ3v) is 3.25. The molecular weight excluding hydrogens is 256 g/mol. The number of aromatic nitrogens is 2. The summed E-state index contributed by atoms with van der Waals surface area (Å²) in [4.78, 5) is 2.36. The molecule has 0 atom stereocenters. The highest BCUT2D eigenvalue weighted by Crippen LogP contribution is 2.20. The maximum atomic E-state index is 5.62. The monoisotopic (exact) mass is 274 g/mol. The minimum absolute atomic E-state index is 0.299. The van der Waals surface area contributed by atoms with Crippen LogP contribution in [0.2, 0.25) is 0 Å². The minimum Gasteiger partial charge on any atom is -0.484 e. The summed E-state index contributed by atoms with van der Waals surface area (Å²) in [6.45, 7) is 6.22. The van der Waals surface area contributed by atoms with Crippen LogP contribution in [0.1, 0.15) is 11.8 Å². The molecule has 0 bridgehead atoms. The number of nitrogens with one attached hydrogen (secondary N) is 1. The number of benzene rings is 1. The van der Waals surface area contributed by atoms with E-state index in [2.05, 4.69) is 32.5 Å². The van der Waals surface area contributed by atoms with Crippen LogP contribution in [0.3, 0.4) is 0 Å². The van der Waals surface area contributed by atoms with Gasteiger partial charge in [0.15, 0.2) is 6.61 Å². The van der Waals surface area contributed by atoms with Gasteiger partial charge >= 0.3 is 0 Å². The maximum Gasteiger partial charge on any atom is 0.253 e. The Balaban J connectivity index is 1.58. The van der Waals surface area contributed by atoms with Gasteiger partial charge in [0.25, 0.3) is 5.89 Å². The number of aryl methyl sites for hydroxylation is 1. The first-order valence-electron chi connectivity index (χ1n) is 6.79. The largest absolute Gasteiger partial charge is 0.484 e. The van der Waals surface area contributed by atoms with Crippen molar-refractivity contribution in [2.75, 3.05) is 31.1 Å². The van der Waals surface area contributed by atoms with E-state index in [9.17, 15) is 0 Å². The Bertz CT molecular complexity index is 547. The Morgan fingerprint density at radius 1 is 1.20 bits per heavy atom. The van der Waals surface area contributed by atoms with Gasteiger partial charge in [-0.05, 0) is 24.3 Å². The van der Waals surface area contributed by atoms with Gasteiger partial charge < -0.3 is 19.4 Å².